The minimum Gasteiger partial charge on any atom is -0.747 e. The number of anilines is 3. The zero-order chi connectivity index (χ0) is 34.0. The fourth-order valence-electron chi connectivity index (χ4n) is 6.67. The van der Waals surface area contributed by atoms with Crippen LogP contribution in [0.5, 0.6) is 11.5 Å². The molecule has 6 aromatic carbocycles. The summed E-state index contributed by atoms with van der Waals surface area (Å²) >= 11 is 0. The van der Waals surface area contributed by atoms with Crippen LogP contribution >= 0.6 is 0 Å². The van der Waals surface area contributed by atoms with E-state index in [1.807, 2.05) is 72.8 Å². The molecule has 50 heavy (non-hydrogen) atoms. The van der Waals surface area contributed by atoms with Crippen LogP contribution in [0.1, 0.15) is 17.2 Å². The van der Waals surface area contributed by atoms with Crippen LogP contribution in [0.15, 0.2) is 146 Å². The summed E-state index contributed by atoms with van der Waals surface area (Å²) < 4.78 is 50.4. The Bertz CT molecular complexity index is 2280. The van der Waals surface area contributed by atoms with Gasteiger partial charge in [-0.1, -0.05) is 78.9 Å². The van der Waals surface area contributed by atoms with E-state index in [1.165, 1.54) is 0 Å². The fraction of sp³-hybridized carbons (Fsp3) is 0.122. The molecule has 7 rings (SSSR count). The largest absolute Gasteiger partial charge is 1.00 e. The van der Waals surface area contributed by atoms with Crippen molar-refractivity contribution in [3.63, 3.8) is 0 Å². The van der Waals surface area contributed by atoms with E-state index in [2.05, 4.69) is 58.0 Å². The van der Waals surface area contributed by atoms with E-state index in [9.17, 15) is 13.0 Å². The molecule has 0 saturated heterocycles. The molecule has 246 valence electrons. The zero-order valence-corrected chi connectivity index (χ0v) is 31.0. The Morgan fingerprint density at radius 3 is 1.72 bits per heavy atom. The Kier molecular flexibility index (Phi) is 10.7. The van der Waals surface area contributed by atoms with Crippen molar-refractivity contribution in [2.45, 2.75) is 18.2 Å². The van der Waals surface area contributed by atoms with Crippen LogP contribution < -0.4 is 43.9 Å². The summed E-state index contributed by atoms with van der Waals surface area (Å²) in [4.78, 5) is 2.17. The Hall–Kier alpha value is -4.57. The molecule has 0 aliphatic heterocycles. The van der Waals surface area contributed by atoms with Gasteiger partial charge in [0.1, 0.15) is 21.6 Å². The second kappa shape index (κ2) is 15.1. The molecule has 1 unspecified atom stereocenters. The molecule has 7 nitrogen and oxygen atoms in total. The van der Waals surface area contributed by atoms with Gasteiger partial charge in [0.05, 0.1) is 25.0 Å². The SMILES string of the molecule is COc1ccc(N(c2ccc(OC)cc2)c2ccc(-c3cccc4c5ccccc5n(CCC(c5ccccc5)S(=O)(=O)[O-])c34)cc2)cc1.[Na+]. The molecule has 7 aromatic rings. The summed E-state index contributed by atoms with van der Waals surface area (Å²) in [5.41, 5.74) is 7.44. The molecule has 0 N–H and O–H groups in total. The van der Waals surface area contributed by atoms with E-state index >= 15 is 0 Å². The minimum absolute atomic E-state index is 0. The Balaban J connectivity index is 0.00000432. The molecular weight excluding hydrogens is 656 g/mol. The molecule has 1 heterocycles. The van der Waals surface area contributed by atoms with Gasteiger partial charge in [0.25, 0.3) is 0 Å². The Morgan fingerprint density at radius 1 is 0.640 bits per heavy atom. The summed E-state index contributed by atoms with van der Waals surface area (Å²) in [6.07, 6.45) is 0.148. The summed E-state index contributed by atoms with van der Waals surface area (Å²) in [6, 6.07) is 47.5. The second-order valence-corrected chi connectivity index (χ2v) is 13.4. The maximum absolute atomic E-state index is 12.5. The van der Waals surface area contributed by atoms with Gasteiger partial charge in [-0.05, 0) is 84.3 Å². The average Bonchev–Trinajstić information content (AvgIpc) is 3.46. The van der Waals surface area contributed by atoms with Gasteiger partial charge >= 0.3 is 29.6 Å². The maximum atomic E-state index is 12.5. The van der Waals surface area contributed by atoms with E-state index in [4.69, 9.17) is 9.47 Å². The third kappa shape index (κ3) is 7.03. The van der Waals surface area contributed by atoms with Crippen molar-refractivity contribution >= 4 is 49.0 Å². The number of aryl methyl sites for hydroxylation is 1. The summed E-state index contributed by atoms with van der Waals surface area (Å²) in [5, 5.41) is 0.983. The third-order valence-electron chi connectivity index (χ3n) is 9.02. The monoisotopic (exact) mass is 690 g/mol. The number of hydrogen-bond donors (Lipinski definition) is 0. The van der Waals surface area contributed by atoms with Crippen LogP contribution in [-0.2, 0) is 16.7 Å². The number of para-hydroxylation sites is 2. The maximum Gasteiger partial charge on any atom is 1.00 e. The van der Waals surface area contributed by atoms with Gasteiger partial charge in [-0.25, -0.2) is 8.42 Å². The number of hydrogen-bond acceptors (Lipinski definition) is 6. The van der Waals surface area contributed by atoms with E-state index in [-0.39, 0.29) is 36.0 Å². The van der Waals surface area contributed by atoms with Crippen molar-refractivity contribution in [1.29, 1.82) is 0 Å². The third-order valence-corrected chi connectivity index (χ3v) is 10.2. The quantitative estimate of drug-likeness (QED) is 0.112. The molecular formula is C41H35N2NaO5S. The average molecular weight is 691 g/mol. The first-order valence-electron chi connectivity index (χ1n) is 16.0. The van der Waals surface area contributed by atoms with Crippen LogP contribution in [0, 0.1) is 0 Å². The van der Waals surface area contributed by atoms with Crippen molar-refractivity contribution in [3.05, 3.63) is 151 Å². The topological polar surface area (TPSA) is 83.8 Å². The van der Waals surface area contributed by atoms with Gasteiger partial charge in [0, 0.05) is 45.5 Å². The Labute approximate surface area is 314 Å². The van der Waals surface area contributed by atoms with Crippen LogP contribution in [0.2, 0.25) is 0 Å². The first kappa shape index (κ1) is 35.3. The second-order valence-electron chi connectivity index (χ2n) is 11.8. The van der Waals surface area contributed by atoms with Gasteiger partial charge in [-0.15, -0.1) is 0 Å². The summed E-state index contributed by atoms with van der Waals surface area (Å²) in [7, 11) is -1.28. The molecule has 0 aliphatic carbocycles. The van der Waals surface area contributed by atoms with Crippen molar-refractivity contribution in [1.82, 2.24) is 4.57 Å². The van der Waals surface area contributed by atoms with Crippen molar-refractivity contribution in [2.24, 2.45) is 0 Å². The van der Waals surface area contributed by atoms with Gasteiger partial charge in [-0.2, -0.15) is 0 Å². The van der Waals surface area contributed by atoms with Gasteiger partial charge in [0.15, 0.2) is 0 Å². The van der Waals surface area contributed by atoms with E-state index in [0.717, 1.165) is 61.5 Å². The number of fused-ring (bicyclic) bond motifs is 3. The molecule has 0 spiro atoms. The molecule has 0 aliphatic rings. The normalized spacial score (nSPS) is 12.0. The Morgan fingerprint density at radius 2 is 1.16 bits per heavy atom. The van der Waals surface area contributed by atoms with E-state index in [1.54, 1.807) is 38.5 Å². The van der Waals surface area contributed by atoms with Gasteiger partial charge in [0.2, 0.25) is 0 Å². The molecule has 0 radical (unpaired) electrons. The predicted molar refractivity (Wildman–Crippen MR) is 196 cm³/mol. The van der Waals surface area contributed by atoms with Crippen molar-refractivity contribution in [2.75, 3.05) is 19.1 Å². The van der Waals surface area contributed by atoms with Crippen molar-refractivity contribution < 1.29 is 52.0 Å². The van der Waals surface area contributed by atoms with Crippen LogP contribution in [-0.4, -0.2) is 31.8 Å². The first-order chi connectivity index (χ1) is 23.9. The molecule has 1 aromatic heterocycles. The predicted octanol–water partition coefficient (Wildman–Crippen LogP) is 6.63. The number of methoxy groups -OCH3 is 2. The number of nitrogens with zero attached hydrogens (tertiary/aromatic N) is 2. The van der Waals surface area contributed by atoms with E-state index in [0.29, 0.717) is 12.1 Å². The number of ether oxygens (including phenoxy) is 2. The minimum atomic E-state index is -4.59. The first-order valence-corrected chi connectivity index (χ1v) is 17.5. The van der Waals surface area contributed by atoms with Crippen molar-refractivity contribution in [3.8, 4) is 22.6 Å². The zero-order valence-electron chi connectivity index (χ0n) is 28.2. The standard InChI is InChI=1S/C41H36N2O5S.Na/c1-47-34-23-19-32(20-24-34)43(33-21-25-35(48-2)26-22-33)31-17-15-29(16-18-31)36-12-8-13-38-37-11-6-7-14-39(37)42(41(36)38)28-27-40(49(44,45)46)30-9-4-3-5-10-30;/h3-26,40H,27-28H2,1-2H3,(H,44,45,46);/q;+1/p-1. The van der Waals surface area contributed by atoms with Crippen LogP contribution in [0.4, 0.5) is 17.1 Å². The van der Waals surface area contributed by atoms with Crippen LogP contribution in [0.3, 0.4) is 0 Å². The molecule has 0 fully saturated rings. The number of rotatable bonds is 11. The number of aromatic nitrogens is 1. The summed E-state index contributed by atoms with van der Waals surface area (Å²) in [5.74, 6) is 1.56. The van der Waals surface area contributed by atoms with Crippen LogP contribution in [0.25, 0.3) is 32.9 Å². The fourth-order valence-corrected chi connectivity index (χ4v) is 7.55. The number of benzene rings is 6. The molecule has 1 atom stereocenters. The molecule has 9 heteroatoms. The molecule has 0 bridgehead atoms. The molecule has 0 saturated carbocycles. The van der Waals surface area contributed by atoms with E-state index < -0.39 is 15.4 Å². The van der Waals surface area contributed by atoms with Gasteiger partial charge < -0.3 is 23.5 Å². The van der Waals surface area contributed by atoms with Gasteiger partial charge in [-0.3, -0.25) is 0 Å². The summed E-state index contributed by atoms with van der Waals surface area (Å²) in [6.45, 7) is 0.350. The smallest absolute Gasteiger partial charge is 0.747 e. The molecule has 0 amide bonds.